The molecule has 0 radical (unpaired) electrons. The number of benzene rings is 7. The number of anilines is 6. The van der Waals surface area contributed by atoms with Gasteiger partial charge in [-0.1, -0.05) is 117 Å². The molecule has 1 aliphatic rings. The van der Waals surface area contributed by atoms with Crippen LogP contribution < -0.4 is 9.80 Å². The van der Waals surface area contributed by atoms with Crippen LogP contribution >= 0.6 is 0 Å². The third kappa shape index (κ3) is 4.80. The Balaban J connectivity index is 1.24. The Morgan fingerprint density at radius 1 is 0.446 bits per heavy atom. The van der Waals surface area contributed by atoms with E-state index in [1.54, 1.807) is 0 Å². The van der Waals surface area contributed by atoms with Gasteiger partial charge in [0.25, 0.3) is 0 Å². The Kier molecular flexibility index (Phi) is 7.13. The second-order valence-corrected chi connectivity index (χ2v) is 15.1. The molecule has 0 aliphatic carbocycles. The van der Waals surface area contributed by atoms with Crippen molar-refractivity contribution in [2.45, 2.75) is 19.3 Å². The van der Waals surface area contributed by atoms with Crippen LogP contribution in [0.25, 0.3) is 49.0 Å². The number of fused-ring (bicyclic) bond motifs is 7. The average Bonchev–Trinajstić information content (AvgIpc) is 3.58. The fraction of sp³-hybridized carbons (Fsp3) is 0.0588. The van der Waals surface area contributed by atoms with E-state index in [9.17, 15) is 0 Å². The SMILES string of the molecule is CC1(C)c2ccccc2-n2c3ccc(N(c4ccccn4)c4cccc5ccccc45)cc3c3cc(N(c4ccccn4)c4cccc5ccccc45)cc1c32. The molecular formula is C51H37N5. The summed E-state index contributed by atoms with van der Waals surface area (Å²) in [5.41, 5.74) is 10.2. The molecule has 5 nitrogen and oxygen atoms in total. The molecule has 10 aromatic rings. The van der Waals surface area contributed by atoms with Crippen LogP contribution in [0.5, 0.6) is 0 Å². The normalized spacial score (nSPS) is 13.0. The van der Waals surface area contributed by atoms with Gasteiger partial charge in [-0.15, -0.1) is 0 Å². The number of nitrogens with zero attached hydrogens (tertiary/aromatic N) is 5. The minimum Gasteiger partial charge on any atom is -0.309 e. The number of pyridine rings is 2. The van der Waals surface area contributed by atoms with E-state index in [1.165, 1.54) is 60.2 Å². The highest BCUT2D eigenvalue weighted by molar-refractivity contribution is 6.15. The molecule has 0 saturated heterocycles. The third-order valence-corrected chi connectivity index (χ3v) is 11.6. The fourth-order valence-corrected chi connectivity index (χ4v) is 9.03. The standard InChI is InChI=1S/C51H37N5/c1-51(2)42-21-7-8-22-47(42)56-46-28-27-36(54(48-25-9-11-29-52-48)44-23-13-17-34-15-3-5-19-38(34)44)31-40(46)41-32-37(33-43(51)50(41)56)55(49-26-10-12-30-53-49)45-24-14-18-35-16-4-6-20-39(35)45/h3-33H,1-2H3. The van der Waals surface area contributed by atoms with Gasteiger partial charge in [0.2, 0.25) is 0 Å². The first kappa shape index (κ1) is 32.2. The highest BCUT2D eigenvalue weighted by Crippen LogP contribution is 2.51. The highest BCUT2D eigenvalue weighted by Gasteiger charge is 2.36. The van der Waals surface area contributed by atoms with Crippen molar-refractivity contribution in [3.8, 4) is 5.69 Å². The van der Waals surface area contributed by atoms with E-state index in [1.807, 2.05) is 24.5 Å². The molecule has 5 heteroatoms. The van der Waals surface area contributed by atoms with Crippen molar-refractivity contribution in [2.75, 3.05) is 9.80 Å². The smallest absolute Gasteiger partial charge is 0.137 e. The maximum Gasteiger partial charge on any atom is 0.137 e. The van der Waals surface area contributed by atoms with E-state index in [2.05, 4.69) is 192 Å². The molecule has 1 aliphatic heterocycles. The molecular weight excluding hydrogens is 683 g/mol. The summed E-state index contributed by atoms with van der Waals surface area (Å²) >= 11 is 0. The highest BCUT2D eigenvalue weighted by atomic mass is 15.2. The first-order chi connectivity index (χ1) is 27.6. The van der Waals surface area contributed by atoms with Crippen LogP contribution in [0, 0.1) is 0 Å². The lowest BCUT2D eigenvalue weighted by Gasteiger charge is -2.36. The van der Waals surface area contributed by atoms with Crippen molar-refractivity contribution in [3.05, 3.63) is 199 Å². The quantitative estimate of drug-likeness (QED) is 0.171. The van der Waals surface area contributed by atoms with E-state index in [0.717, 1.165) is 34.4 Å². The van der Waals surface area contributed by atoms with Crippen molar-refractivity contribution in [3.63, 3.8) is 0 Å². The van der Waals surface area contributed by atoms with Gasteiger partial charge in [0.15, 0.2) is 0 Å². The summed E-state index contributed by atoms with van der Waals surface area (Å²) in [4.78, 5) is 14.5. The zero-order chi connectivity index (χ0) is 37.4. The van der Waals surface area contributed by atoms with Crippen LogP contribution in [0.3, 0.4) is 0 Å². The molecule has 0 spiro atoms. The summed E-state index contributed by atoms with van der Waals surface area (Å²) in [7, 11) is 0. The van der Waals surface area contributed by atoms with Crippen LogP contribution in [-0.2, 0) is 5.41 Å². The van der Waals surface area contributed by atoms with Crippen LogP contribution in [-0.4, -0.2) is 14.5 Å². The van der Waals surface area contributed by atoms with E-state index in [4.69, 9.17) is 9.97 Å². The van der Waals surface area contributed by atoms with E-state index in [-0.39, 0.29) is 5.41 Å². The number of rotatable bonds is 6. The molecule has 0 unspecified atom stereocenters. The Bertz CT molecular complexity index is 3120. The lowest BCUT2D eigenvalue weighted by molar-refractivity contribution is 0.630. The Morgan fingerprint density at radius 3 is 1.64 bits per heavy atom. The summed E-state index contributed by atoms with van der Waals surface area (Å²) in [6.07, 6.45) is 3.76. The van der Waals surface area contributed by atoms with Gasteiger partial charge in [-0.05, 0) is 94.7 Å². The number of hydrogen-bond acceptors (Lipinski definition) is 4. The molecule has 0 amide bonds. The third-order valence-electron chi connectivity index (χ3n) is 11.6. The van der Waals surface area contributed by atoms with Crippen LogP contribution in [0.2, 0.25) is 0 Å². The monoisotopic (exact) mass is 719 g/mol. The Hall–Kier alpha value is -7.24. The van der Waals surface area contributed by atoms with Gasteiger partial charge in [0, 0.05) is 50.7 Å². The molecule has 266 valence electrons. The predicted molar refractivity (Wildman–Crippen MR) is 233 cm³/mol. The zero-order valence-corrected chi connectivity index (χ0v) is 31.1. The molecule has 0 N–H and O–H groups in total. The Labute approximate surface area is 325 Å². The van der Waals surface area contributed by atoms with E-state index in [0.29, 0.717) is 0 Å². The number of hydrogen-bond donors (Lipinski definition) is 0. The van der Waals surface area contributed by atoms with E-state index < -0.39 is 0 Å². The lowest BCUT2D eigenvalue weighted by atomic mass is 9.74. The topological polar surface area (TPSA) is 37.2 Å². The van der Waals surface area contributed by atoms with Crippen LogP contribution in [0.1, 0.15) is 25.0 Å². The van der Waals surface area contributed by atoms with E-state index >= 15 is 0 Å². The van der Waals surface area contributed by atoms with Gasteiger partial charge in [-0.3, -0.25) is 9.80 Å². The van der Waals surface area contributed by atoms with Gasteiger partial charge in [-0.25, -0.2) is 9.97 Å². The molecule has 3 aromatic heterocycles. The second-order valence-electron chi connectivity index (χ2n) is 15.1. The maximum atomic E-state index is 4.96. The predicted octanol–water partition coefficient (Wildman–Crippen LogP) is 13.5. The molecule has 7 aromatic carbocycles. The Morgan fingerprint density at radius 2 is 1.00 bits per heavy atom. The molecule has 0 bridgehead atoms. The largest absolute Gasteiger partial charge is 0.309 e. The van der Waals surface area contributed by atoms with Gasteiger partial charge in [-0.2, -0.15) is 0 Å². The minimum absolute atomic E-state index is 0.282. The molecule has 0 fully saturated rings. The fourth-order valence-electron chi connectivity index (χ4n) is 9.03. The van der Waals surface area contributed by atoms with Crippen molar-refractivity contribution in [1.29, 1.82) is 0 Å². The van der Waals surface area contributed by atoms with Gasteiger partial charge >= 0.3 is 0 Å². The van der Waals surface area contributed by atoms with Crippen LogP contribution in [0.15, 0.2) is 188 Å². The molecule has 56 heavy (non-hydrogen) atoms. The number of aromatic nitrogens is 3. The summed E-state index contributed by atoms with van der Waals surface area (Å²) in [5, 5.41) is 7.08. The number of para-hydroxylation sites is 1. The van der Waals surface area contributed by atoms with Crippen LogP contribution in [0.4, 0.5) is 34.4 Å². The first-order valence-corrected chi connectivity index (χ1v) is 19.2. The first-order valence-electron chi connectivity index (χ1n) is 19.2. The summed E-state index contributed by atoms with van der Waals surface area (Å²) < 4.78 is 2.49. The maximum absolute atomic E-state index is 4.96. The lowest BCUT2D eigenvalue weighted by Crippen LogP contribution is -2.26. The average molecular weight is 720 g/mol. The van der Waals surface area contributed by atoms with Gasteiger partial charge < -0.3 is 4.57 Å². The van der Waals surface area contributed by atoms with Crippen molar-refractivity contribution < 1.29 is 0 Å². The second kappa shape index (κ2) is 12.4. The summed E-state index contributed by atoms with van der Waals surface area (Å²) in [6, 6.07) is 63.1. The minimum atomic E-state index is -0.282. The van der Waals surface area contributed by atoms with Crippen molar-refractivity contribution >= 4 is 77.7 Å². The van der Waals surface area contributed by atoms with Gasteiger partial charge in [0.1, 0.15) is 11.6 Å². The van der Waals surface area contributed by atoms with Gasteiger partial charge in [0.05, 0.1) is 28.1 Å². The zero-order valence-electron chi connectivity index (χ0n) is 31.1. The summed E-state index contributed by atoms with van der Waals surface area (Å²) in [5.74, 6) is 1.73. The molecule has 0 saturated carbocycles. The summed E-state index contributed by atoms with van der Waals surface area (Å²) in [6.45, 7) is 4.73. The molecule has 11 rings (SSSR count). The van der Waals surface area contributed by atoms with Crippen molar-refractivity contribution in [2.24, 2.45) is 0 Å². The van der Waals surface area contributed by atoms with Crippen molar-refractivity contribution in [1.82, 2.24) is 14.5 Å². The molecule has 0 atom stereocenters. The molecule has 4 heterocycles.